The van der Waals surface area contributed by atoms with Gasteiger partial charge in [0, 0.05) is 52.9 Å². The lowest BCUT2D eigenvalue weighted by Gasteiger charge is -2.30. The lowest BCUT2D eigenvalue weighted by molar-refractivity contribution is -0.121. The summed E-state index contributed by atoms with van der Waals surface area (Å²) in [5.74, 6) is -0.959. The molecule has 0 bridgehead atoms. The second-order valence-corrected chi connectivity index (χ2v) is 10.2. The van der Waals surface area contributed by atoms with Crippen LogP contribution < -0.4 is 10.6 Å². The lowest BCUT2D eigenvalue weighted by Crippen LogP contribution is -2.42. The van der Waals surface area contributed by atoms with E-state index in [1.165, 1.54) is 11.2 Å². The number of hydrogen-bond donors (Lipinski definition) is 2. The molecule has 0 radical (unpaired) electrons. The zero-order valence-electron chi connectivity index (χ0n) is 16.9. The first-order valence-electron chi connectivity index (χ1n) is 9.75. The van der Waals surface area contributed by atoms with Gasteiger partial charge in [-0.25, -0.2) is 12.7 Å². The number of anilines is 2. The van der Waals surface area contributed by atoms with E-state index in [0.717, 1.165) is 0 Å². The maximum absolute atomic E-state index is 12.8. The third-order valence-electron chi connectivity index (χ3n) is 5.06. The average molecular weight is 484 g/mol. The predicted molar refractivity (Wildman–Crippen MR) is 123 cm³/mol. The van der Waals surface area contributed by atoms with Crippen LogP contribution in [0.25, 0.3) is 0 Å². The highest BCUT2D eigenvalue weighted by atomic mass is 35.5. The molecule has 31 heavy (non-hydrogen) atoms. The summed E-state index contributed by atoms with van der Waals surface area (Å²) >= 11 is 12.2. The van der Waals surface area contributed by atoms with E-state index in [1.807, 2.05) is 0 Å². The molecule has 2 aromatic rings. The molecule has 1 heterocycles. The summed E-state index contributed by atoms with van der Waals surface area (Å²) < 4.78 is 27.0. The van der Waals surface area contributed by atoms with E-state index < -0.39 is 10.0 Å². The molecule has 1 saturated heterocycles. The molecule has 3 rings (SSSR count). The molecule has 0 unspecified atom stereocenters. The minimum Gasteiger partial charge on any atom is -0.326 e. The minimum absolute atomic E-state index is 0.175. The van der Waals surface area contributed by atoms with Crippen LogP contribution in [0, 0.1) is 5.92 Å². The maximum atomic E-state index is 12.8. The number of piperidine rings is 1. The van der Waals surface area contributed by atoms with Crippen molar-refractivity contribution in [1.82, 2.24) is 4.31 Å². The SMILES string of the molecule is CC(=O)Nc1cccc(NC(=O)C2CCN(S(=O)(=O)Cc3c(Cl)cccc3Cl)CC2)c1. The standard InChI is InChI=1S/C21H23Cl2N3O4S/c1-14(27)24-16-4-2-5-17(12-16)25-21(28)15-8-10-26(11-9-15)31(29,30)13-18-19(22)6-3-7-20(18)23/h2-7,12,15H,8-11,13H2,1H3,(H,24,27)(H,25,28). The van der Waals surface area contributed by atoms with Crippen LogP contribution in [0.15, 0.2) is 42.5 Å². The Labute approximate surface area is 191 Å². The van der Waals surface area contributed by atoms with Crippen molar-refractivity contribution in [3.05, 3.63) is 58.1 Å². The topological polar surface area (TPSA) is 95.6 Å². The number of halogens is 2. The van der Waals surface area contributed by atoms with Crippen molar-refractivity contribution in [3.8, 4) is 0 Å². The number of amides is 2. The van der Waals surface area contributed by atoms with Gasteiger partial charge in [-0.3, -0.25) is 9.59 Å². The summed E-state index contributed by atoms with van der Waals surface area (Å²) in [6, 6.07) is 11.7. The van der Waals surface area contributed by atoms with E-state index in [0.29, 0.717) is 39.8 Å². The van der Waals surface area contributed by atoms with Gasteiger partial charge in [0.15, 0.2) is 0 Å². The Balaban J connectivity index is 1.58. The summed E-state index contributed by atoms with van der Waals surface area (Å²) in [6.07, 6.45) is 0.819. The fourth-order valence-corrected chi connectivity index (χ4v) is 5.78. The molecule has 2 N–H and O–H groups in total. The van der Waals surface area contributed by atoms with Crippen LogP contribution >= 0.6 is 23.2 Å². The van der Waals surface area contributed by atoms with Gasteiger partial charge in [0.1, 0.15) is 0 Å². The average Bonchev–Trinajstić information content (AvgIpc) is 2.71. The van der Waals surface area contributed by atoms with E-state index in [9.17, 15) is 18.0 Å². The van der Waals surface area contributed by atoms with Crippen LogP contribution in [0.2, 0.25) is 10.0 Å². The van der Waals surface area contributed by atoms with E-state index >= 15 is 0 Å². The van der Waals surface area contributed by atoms with Gasteiger partial charge >= 0.3 is 0 Å². The Morgan fingerprint density at radius 3 is 2.13 bits per heavy atom. The summed E-state index contributed by atoms with van der Waals surface area (Å²) in [7, 11) is -3.61. The number of carbonyl (C=O) groups is 2. The molecule has 0 spiro atoms. The Morgan fingerprint density at radius 2 is 1.55 bits per heavy atom. The van der Waals surface area contributed by atoms with E-state index in [-0.39, 0.29) is 36.6 Å². The van der Waals surface area contributed by atoms with E-state index in [1.54, 1.807) is 42.5 Å². The molecule has 2 amide bonds. The number of nitrogens with zero attached hydrogens (tertiary/aromatic N) is 1. The summed E-state index contributed by atoms with van der Waals surface area (Å²) in [5.41, 5.74) is 1.54. The summed E-state index contributed by atoms with van der Waals surface area (Å²) in [6.45, 7) is 1.90. The highest BCUT2D eigenvalue weighted by Crippen LogP contribution is 2.29. The molecule has 0 atom stereocenters. The van der Waals surface area contributed by atoms with Crippen LogP contribution in [-0.2, 0) is 25.4 Å². The third-order valence-corrected chi connectivity index (χ3v) is 7.57. The highest BCUT2D eigenvalue weighted by molar-refractivity contribution is 7.88. The van der Waals surface area contributed by atoms with Gasteiger partial charge in [0.2, 0.25) is 21.8 Å². The first-order chi connectivity index (χ1) is 14.7. The third kappa shape index (κ3) is 6.20. The van der Waals surface area contributed by atoms with Gasteiger partial charge in [-0.2, -0.15) is 0 Å². The number of sulfonamides is 1. The van der Waals surface area contributed by atoms with Crippen LogP contribution in [0.5, 0.6) is 0 Å². The molecule has 0 aliphatic carbocycles. The molecule has 0 aromatic heterocycles. The fraction of sp³-hybridized carbons (Fsp3) is 0.333. The molecule has 166 valence electrons. The Morgan fingerprint density at radius 1 is 1.00 bits per heavy atom. The minimum atomic E-state index is -3.61. The Bertz CT molecular complexity index is 1060. The van der Waals surface area contributed by atoms with E-state index in [2.05, 4.69) is 10.6 Å². The van der Waals surface area contributed by atoms with Gasteiger partial charge in [0.05, 0.1) is 5.75 Å². The maximum Gasteiger partial charge on any atom is 0.227 e. The second-order valence-electron chi connectivity index (χ2n) is 7.38. The van der Waals surface area contributed by atoms with Crippen LogP contribution in [0.3, 0.4) is 0 Å². The number of nitrogens with one attached hydrogen (secondary N) is 2. The predicted octanol–water partition coefficient (Wildman–Crippen LogP) is 4.13. The quantitative estimate of drug-likeness (QED) is 0.645. The van der Waals surface area contributed by atoms with Crippen molar-refractivity contribution in [2.45, 2.75) is 25.5 Å². The monoisotopic (exact) mass is 483 g/mol. The molecule has 10 heteroatoms. The van der Waals surface area contributed by atoms with Crippen molar-refractivity contribution in [3.63, 3.8) is 0 Å². The molecule has 1 aliphatic rings. The number of benzene rings is 2. The van der Waals surface area contributed by atoms with Crippen molar-refractivity contribution in [1.29, 1.82) is 0 Å². The smallest absolute Gasteiger partial charge is 0.227 e. The van der Waals surface area contributed by atoms with Crippen LogP contribution in [-0.4, -0.2) is 37.6 Å². The number of rotatable bonds is 6. The van der Waals surface area contributed by atoms with Gasteiger partial charge in [-0.05, 0) is 43.2 Å². The second kappa shape index (κ2) is 9.99. The first kappa shape index (κ1) is 23.5. The summed E-state index contributed by atoms with van der Waals surface area (Å²) in [5, 5.41) is 6.13. The molecule has 1 fully saturated rings. The summed E-state index contributed by atoms with van der Waals surface area (Å²) in [4.78, 5) is 23.8. The van der Waals surface area contributed by atoms with Gasteiger partial charge in [-0.15, -0.1) is 0 Å². The van der Waals surface area contributed by atoms with E-state index in [4.69, 9.17) is 23.2 Å². The van der Waals surface area contributed by atoms with Gasteiger partial charge in [0.25, 0.3) is 0 Å². The van der Waals surface area contributed by atoms with Gasteiger partial charge in [-0.1, -0.05) is 35.3 Å². The number of hydrogen-bond acceptors (Lipinski definition) is 4. The van der Waals surface area contributed by atoms with Gasteiger partial charge < -0.3 is 10.6 Å². The van der Waals surface area contributed by atoms with Crippen LogP contribution in [0.1, 0.15) is 25.3 Å². The molecule has 1 aliphatic heterocycles. The Kier molecular flexibility index (Phi) is 7.59. The van der Waals surface area contributed by atoms with Crippen molar-refractivity contribution in [2.24, 2.45) is 5.92 Å². The largest absolute Gasteiger partial charge is 0.326 e. The highest BCUT2D eigenvalue weighted by Gasteiger charge is 2.32. The molecule has 0 saturated carbocycles. The van der Waals surface area contributed by atoms with Crippen LogP contribution in [0.4, 0.5) is 11.4 Å². The molecule has 2 aromatic carbocycles. The first-order valence-corrected chi connectivity index (χ1v) is 12.1. The van der Waals surface area contributed by atoms with Crippen molar-refractivity contribution >= 4 is 56.4 Å². The molecular formula is C21H23Cl2N3O4S. The zero-order chi connectivity index (χ0) is 22.6. The van der Waals surface area contributed by atoms with Crippen molar-refractivity contribution < 1.29 is 18.0 Å². The Hall–Kier alpha value is -2.13. The lowest BCUT2D eigenvalue weighted by atomic mass is 9.97. The van der Waals surface area contributed by atoms with Crippen molar-refractivity contribution in [2.75, 3.05) is 23.7 Å². The molecular weight excluding hydrogens is 461 g/mol. The molecule has 7 nitrogen and oxygen atoms in total. The normalized spacial score (nSPS) is 15.5. The number of carbonyl (C=O) groups excluding carboxylic acids is 2. The fourth-order valence-electron chi connectivity index (χ4n) is 3.46. The zero-order valence-corrected chi connectivity index (χ0v) is 19.2.